The average Bonchev–Trinajstić information content (AvgIpc) is 3.26. The number of ether oxygens (including phenoxy) is 4. The van der Waals surface area contributed by atoms with E-state index in [-0.39, 0.29) is 47.8 Å². The summed E-state index contributed by atoms with van der Waals surface area (Å²) in [5.74, 6) is -0.0531. The van der Waals surface area contributed by atoms with Gasteiger partial charge in [-0.05, 0) is 47.4 Å². The molecule has 0 bridgehead atoms. The van der Waals surface area contributed by atoms with Crippen molar-refractivity contribution in [2.24, 2.45) is 11.8 Å². The first-order chi connectivity index (χ1) is 13.1. The van der Waals surface area contributed by atoms with Crippen molar-refractivity contribution in [2.75, 3.05) is 20.5 Å². The number of hydrogen-bond donors (Lipinski definition) is 2. The molecular weight excluding hydrogens is 352 g/mol. The van der Waals surface area contributed by atoms with Crippen molar-refractivity contribution in [1.29, 1.82) is 0 Å². The summed E-state index contributed by atoms with van der Waals surface area (Å²) in [5.41, 5.74) is 2.68. The molecule has 2 aromatic carbocycles. The molecule has 0 spiro atoms. The van der Waals surface area contributed by atoms with E-state index < -0.39 is 0 Å². The lowest BCUT2D eigenvalue weighted by molar-refractivity contribution is -0.141. The molecule has 2 heterocycles. The lowest BCUT2D eigenvalue weighted by atomic mass is 9.67. The second kappa shape index (κ2) is 5.70. The van der Waals surface area contributed by atoms with Crippen LogP contribution in [0.25, 0.3) is 0 Å². The highest BCUT2D eigenvalue weighted by molar-refractivity contribution is 5.78. The van der Waals surface area contributed by atoms with Crippen molar-refractivity contribution >= 4 is 5.97 Å². The van der Waals surface area contributed by atoms with Gasteiger partial charge in [0.25, 0.3) is 0 Å². The molecular formula is C20H18O7. The van der Waals surface area contributed by atoms with E-state index in [1.165, 1.54) is 13.2 Å². The first-order valence-electron chi connectivity index (χ1n) is 8.75. The lowest BCUT2D eigenvalue weighted by Gasteiger charge is -2.33. The molecule has 2 N–H and O–H groups in total. The van der Waals surface area contributed by atoms with Gasteiger partial charge >= 0.3 is 5.97 Å². The highest BCUT2D eigenvalue weighted by Crippen LogP contribution is 2.52. The van der Waals surface area contributed by atoms with E-state index in [4.69, 9.17) is 18.9 Å². The summed E-state index contributed by atoms with van der Waals surface area (Å²) < 4.78 is 21.6. The fourth-order valence-electron chi connectivity index (χ4n) is 4.45. The molecule has 1 fully saturated rings. The summed E-state index contributed by atoms with van der Waals surface area (Å²) in [7, 11) is 1.41. The van der Waals surface area contributed by atoms with Crippen LogP contribution < -0.4 is 14.2 Å². The van der Waals surface area contributed by atoms with Gasteiger partial charge in [0.1, 0.15) is 0 Å². The van der Waals surface area contributed by atoms with Crippen molar-refractivity contribution in [3.8, 4) is 28.7 Å². The van der Waals surface area contributed by atoms with E-state index in [0.717, 1.165) is 11.1 Å². The first-order valence-corrected chi connectivity index (χ1v) is 8.75. The van der Waals surface area contributed by atoms with Crippen molar-refractivity contribution < 1.29 is 34.0 Å². The Balaban J connectivity index is 1.72. The number of carbonyl (C=O) groups is 1. The van der Waals surface area contributed by atoms with Gasteiger partial charge < -0.3 is 29.2 Å². The molecule has 1 saturated heterocycles. The maximum atomic E-state index is 12.5. The number of hydrogen-bond acceptors (Lipinski definition) is 7. The van der Waals surface area contributed by atoms with Gasteiger partial charge in [-0.2, -0.15) is 0 Å². The monoisotopic (exact) mass is 370 g/mol. The Morgan fingerprint density at radius 3 is 2.63 bits per heavy atom. The second-order valence-electron chi connectivity index (χ2n) is 7.09. The van der Waals surface area contributed by atoms with E-state index in [9.17, 15) is 15.0 Å². The van der Waals surface area contributed by atoms with Gasteiger partial charge in [0.05, 0.1) is 19.6 Å². The summed E-state index contributed by atoms with van der Waals surface area (Å²) >= 11 is 0. The summed E-state index contributed by atoms with van der Waals surface area (Å²) in [4.78, 5) is 12.5. The molecule has 2 aromatic rings. The predicted octanol–water partition coefficient (Wildman–Crippen LogP) is 2.31. The van der Waals surface area contributed by atoms with Gasteiger partial charge in [-0.3, -0.25) is 4.79 Å². The third-order valence-electron chi connectivity index (χ3n) is 5.69. The molecule has 5 rings (SSSR count). The van der Waals surface area contributed by atoms with Crippen LogP contribution in [0.5, 0.6) is 28.7 Å². The number of methoxy groups -OCH3 is 1. The normalized spacial score (nSPS) is 24.9. The molecule has 0 unspecified atom stereocenters. The Labute approximate surface area is 155 Å². The Morgan fingerprint density at radius 2 is 1.85 bits per heavy atom. The zero-order chi connectivity index (χ0) is 18.7. The van der Waals surface area contributed by atoms with Crippen molar-refractivity contribution in [2.45, 2.75) is 12.3 Å². The van der Waals surface area contributed by atoms with E-state index >= 15 is 0 Å². The van der Waals surface area contributed by atoms with Crippen molar-refractivity contribution in [3.05, 3.63) is 41.0 Å². The average molecular weight is 370 g/mol. The number of aromatic hydroxyl groups is 2. The molecule has 0 aromatic heterocycles. The van der Waals surface area contributed by atoms with Crippen LogP contribution in [0, 0.1) is 11.8 Å². The maximum Gasteiger partial charge on any atom is 0.310 e. The van der Waals surface area contributed by atoms with Gasteiger partial charge in [-0.1, -0.05) is 0 Å². The van der Waals surface area contributed by atoms with Crippen LogP contribution >= 0.6 is 0 Å². The molecule has 0 amide bonds. The molecule has 140 valence electrons. The van der Waals surface area contributed by atoms with Crippen LogP contribution in [-0.2, 0) is 16.0 Å². The van der Waals surface area contributed by atoms with Crippen molar-refractivity contribution in [1.82, 2.24) is 0 Å². The molecule has 7 nitrogen and oxygen atoms in total. The fraction of sp³-hybridized carbons (Fsp3) is 0.350. The minimum absolute atomic E-state index is 0.0392. The number of phenolic OH excluding ortho intramolecular Hbond substituents is 2. The zero-order valence-corrected chi connectivity index (χ0v) is 14.6. The number of rotatable bonds is 2. The van der Waals surface area contributed by atoms with Gasteiger partial charge in [0, 0.05) is 11.8 Å². The summed E-state index contributed by atoms with van der Waals surface area (Å²) in [6, 6.07) is 6.99. The van der Waals surface area contributed by atoms with Gasteiger partial charge in [0.15, 0.2) is 23.0 Å². The Hall–Kier alpha value is -3.09. The summed E-state index contributed by atoms with van der Waals surface area (Å²) in [6.45, 7) is 0.542. The molecule has 27 heavy (non-hydrogen) atoms. The topological polar surface area (TPSA) is 94.5 Å². The van der Waals surface area contributed by atoms with Gasteiger partial charge in [-0.25, -0.2) is 0 Å². The smallest absolute Gasteiger partial charge is 0.310 e. The summed E-state index contributed by atoms with van der Waals surface area (Å²) in [6.07, 6.45) is 0.708. The van der Waals surface area contributed by atoms with Gasteiger partial charge in [-0.15, -0.1) is 0 Å². The number of carbonyl (C=O) groups excluding carboxylic acids is 1. The van der Waals surface area contributed by atoms with E-state index in [1.807, 2.05) is 12.1 Å². The molecule has 2 aliphatic heterocycles. The van der Waals surface area contributed by atoms with Gasteiger partial charge in [0.2, 0.25) is 12.5 Å². The van der Waals surface area contributed by atoms with Crippen LogP contribution in [0.3, 0.4) is 0 Å². The predicted molar refractivity (Wildman–Crippen MR) is 92.4 cm³/mol. The Kier molecular flexibility index (Phi) is 3.40. The Bertz CT molecular complexity index is 952. The maximum absolute atomic E-state index is 12.5. The van der Waals surface area contributed by atoms with Crippen LogP contribution in [0.15, 0.2) is 24.3 Å². The fourth-order valence-corrected chi connectivity index (χ4v) is 4.45. The van der Waals surface area contributed by atoms with Crippen LogP contribution in [0.1, 0.15) is 22.6 Å². The third-order valence-corrected chi connectivity index (χ3v) is 5.69. The van der Waals surface area contributed by atoms with Crippen molar-refractivity contribution in [3.63, 3.8) is 0 Å². The molecule has 0 radical (unpaired) electrons. The Morgan fingerprint density at radius 1 is 1.07 bits per heavy atom. The molecule has 1 aliphatic carbocycles. The van der Waals surface area contributed by atoms with Crippen LogP contribution in [-0.4, -0.2) is 36.7 Å². The first kappa shape index (κ1) is 16.1. The van der Waals surface area contributed by atoms with Crippen LogP contribution in [0.4, 0.5) is 0 Å². The van der Waals surface area contributed by atoms with E-state index in [2.05, 4.69) is 0 Å². The van der Waals surface area contributed by atoms with E-state index in [0.29, 0.717) is 30.1 Å². The number of benzene rings is 2. The minimum atomic E-state index is -0.369. The molecule has 3 aliphatic rings. The number of cyclic esters (lactones) is 1. The molecule has 3 atom stereocenters. The summed E-state index contributed by atoms with van der Waals surface area (Å²) in [5, 5.41) is 20.1. The van der Waals surface area contributed by atoms with E-state index in [1.54, 1.807) is 6.07 Å². The number of fused-ring (bicyclic) bond motifs is 3. The standard InChI is InChI=1S/C20H18O7/c1-24-16-5-10(3-13(21)19(16)22)17-12-6-15-14(26-8-27-15)4-9(12)2-11-7-25-20(23)18(11)17/h3-6,11,17-18,21-22H,2,7-8H2,1H3/t11-,17+,18-/m0/s1. The molecule has 0 saturated carbocycles. The second-order valence-corrected chi connectivity index (χ2v) is 7.09. The largest absolute Gasteiger partial charge is 0.504 e. The van der Waals surface area contributed by atoms with Crippen LogP contribution in [0.2, 0.25) is 0 Å². The third kappa shape index (κ3) is 2.31. The lowest BCUT2D eigenvalue weighted by Crippen LogP contribution is -2.31. The highest BCUT2D eigenvalue weighted by atomic mass is 16.7. The highest BCUT2D eigenvalue weighted by Gasteiger charge is 2.48. The molecule has 7 heteroatoms. The minimum Gasteiger partial charge on any atom is -0.504 e. The number of phenols is 2. The zero-order valence-electron chi connectivity index (χ0n) is 14.6. The SMILES string of the molecule is COc1cc([C@@H]2c3cc4c(cc3C[C@H]3COC(=O)[C@@H]32)OCO4)cc(O)c1O. The number of esters is 1. The quantitative estimate of drug-likeness (QED) is 0.619.